The van der Waals surface area contributed by atoms with Crippen LogP contribution in [0.15, 0.2) is 21.6 Å². The van der Waals surface area contributed by atoms with Crippen LogP contribution in [0.4, 0.5) is 0 Å². The maximum absolute atomic E-state index is 12.2. The molecule has 1 aromatic heterocycles. The van der Waals surface area contributed by atoms with Crippen molar-refractivity contribution in [2.45, 2.75) is 18.1 Å². The number of furan rings is 1. The van der Waals surface area contributed by atoms with E-state index in [4.69, 9.17) is 9.52 Å². The largest absolute Gasteiger partial charge is 0.475 e. The summed E-state index contributed by atoms with van der Waals surface area (Å²) in [4.78, 5) is 22.1. The van der Waals surface area contributed by atoms with E-state index in [1.165, 1.54) is 6.92 Å². The van der Waals surface area contributed by atoms with E-state index in [0.29, 0.717) is 0 Å². The van der Waals surface area contributed by atoms with Gasteiger partial charge < -0.3 is 14.8 Å². The first-order chi connectivity index (χ1) is 8.84. The van der Waals surface area contributed by atoms with Crippen LogP contribution >= 0.6 is 0 Å². The third-order valence-electron chi connectivity index (χ3n) is 2.80. The zero-order valence-electron chi connectivity index (χ0n) is 9.99. The highest BCUT2D eigenvalue weighted by Crippen LogP contribution is 2.21. The maximum atomic E-state index is 12.2. The monoisotopic (exact) mass is 288 g/mol. The molecule has 0 bridgehead atoms. The van der Waals surface area contributed by atoms with Gasteiger partial charge in [0.05, 0.1) is 0 Å². The average molecular weight is 288 g/mol. The molecule has 8 nitrogen and oxygen atoms in total. The number of sulfonamides is 1. The van der Waals surface area contributed by atoms with E-state index in [9.17, 15) is 18.0 Å². The highest BCUT2D eigenvalue weighted by molar-refractivity contribution is 7.89. The number of nitrogens with zero attached hydrogens (tertiary/aromatic N) is 1. The summed E-state index contributed by atoms with van der Waals surface area (Å²) in [6.45, 7) is 1.76. The summed E-state index contributed by atoms with van der Waals surface area (Å²) >= 11 is 0. The van der Waals surface area contributed by atoms with Gasteiger partial charge in [0.1, 0.15) is 6.04 Å². The van der Waals surface area contributed by atoms with Crippen molar-refractivity contribution in [3.8, 4) is 0 Å². The van der Waals surface area contributed by atoms with Gasteiger partial charge in [-0.2, -0.15) is 4.31 Å². The molecule has 1 amide bonds. The fraction of sp³-hybridized carbons (Fsp3) is 0.400. The molecule has 0 spiro atoms. The average Bonchev–Trinajstić information content (AvgIpc) is 2.82. The molecule has 1 aliphatic heterocycles. The van der Waals surface area contributed by atoms with E-state index in [-0.39, 0.29) is 13.1 Å². The summed E-state index contributed by atoms with van der Waals surface area (Å²) in [6.07, 6.45) is 0. The lowest BCUT2D eigenvalue weighted by Gasteiger charge is -2.30. The third kappa shape index (κ3) is 2.34. The van der Waals surface area contributed by atoms with Crippen LogP contribution in [-0.4, -0.2) is 48.8 Å². The summed E-state index contributed by atoms with van der Waals surface area (Å²) < 4.78 is 30.2. The van der Waals surface area contributed by atoms with Crippen LogP contribution in [0.25, 0.3) is 0 Å². The number of nitrogens with one attached hydrogen (secondary N) is 1. The van der Waals surface area contributed by atoms with Crippen molar-refractivity contribution < 1.29 is 27.5 Å². The Kier molecular flexibility index (Phi) is 3.33. The van der Waals surface area contributed by atoms with Gasteiger partial charge in [-0.25, -0.2) is 13.2 Å². The minimum Gasteiger partial charge on any atom is -0.475 e. The summed E-state index contributed by atoms with van der Waals surface area (Å²) in [5.74, 6) is -2.22. The van der Waals surface area contributed by atoms with Crippen LogP contribution in [0.1, 0.15) is 17.5 Å². The minimum absolute atomic E-state index is 0.109. The SMILES string of the molecule is CC1C(=O)NCCN1S(=O)(=O)c1ccc(C(=O)O)o1. The number of carbonyl (C=O) groups is 2. The lowest BCUT2D eigenvalue weighted by atomic mass is 10.2. The summed E-state index contributed by atoms with van der Waals surface area (Å²) in [6, 6.07) is 1.26. The van der Waals surface area contributed by atoms with Gasteiger partial charge in [-0.3, -0.25) is 4.79 Å². The van der Waals surface area contributed by atoms with E-state index >= 15 is 0 Å². The van der Waals surface area contributed by atoms with Gasteiger partial charge in [0.15, 0.2) is 0 Å². The van der Waals surface area contributed by atoms with E-state index < -0.39 is 38.8 Å². The number of piperazine rings is 1. The molecule has 104 valence electrons. The normalized spacial score (nSPS) is 21.1. The Morgan fingerprint density at radius 2 is 2.21 bits per heavy atom. The van der Waals surface area contributed by atoms with E-state index in [0.717, 1.165) is 16.4 Å². The summed E-state index contributed by atoms with van der Waals surface area (Å²) in [5, 5.41) is 10.8. The van der Waals surface area contributed by atoms with Crippen molar-refractivity contribution in [1.82, 2.24) is 9.62 Å². The molecule has 1 unspecified atom stereocenters. The maximum Gasteiger partial charge on any atom is 0.371 e. The minimum atomic E-state index is -4.01. The first-order valence-electron chi connectivity index (χ1n) is 5.46. The predicted molar refractivity (Wildman–Crippen MR) is 62.0 cm³/mol. The molecule has 1 fully saturated rings. The van der Waals surface area contributed by atoms with Crippen LogP contribution in [0.3, 0.4) is 0 Å². The van der Waals surface area contributed by atoms with Gasteiger partial charge in [0.25, 0.3) is 10.0 Å². The van der Waals surface area contributed by atoms with Crippen molar-refractivity contribution >= 4 is 21.9 Å². The van der Waals surface area contributed by atoms with Gasteiger partial charge in [0, 0.05) is 13.1 Å². The number of hydrogen-bond acceptors (Lipinski definition) is 5. The van der Waals surface area contributed by atoms with E-state index in [2.05, 4.69) is 5.32 Å². The highest BCUT2D eigenvalue weighted by Gasteiger charge is 2.37. The quantitative estimate of drug-likeness (QED) is 0.773. The Balaban J connectivity index is 2.35. The number of carbonyl (C=O) groups excluding carboxylic acids is 1. The van der Waals surface area contributed by atoms with E-state index in [1.807, 2.05) is 0 Å². The Hall–Kier alpha value is -1.87. The van der Waals surface area contributed by atoms with Crippen LogP contribution < -0.4 is 5.32 Å². The molecule has 1 saturated heterocycles. The lowest BCUT2D eigenvalue weighted by molar-refractivity contribution is -0.126. The first kappa shape index (κ1) is 13.6. The first-order valence-corrected chi connectivity index (χ1v) is 6.90. The van der Waals surface area contributed by atoms with E-state index in [1.54, 1.807) is 0 Å². The Bertz CT molecular complexity index is 620. The van der Waals surface area contributed by atoms with Crippen LogP contribution in [0.5, 0.6) is 0 Å². The molecule has 9 heteroatoms. The van der Waals surface area contributed by atoms with Crippen LogP contribution in [0.2, 0.25) is 0 Å². The summed E-state index contributed by atoms with van der Waals surface area (Å²) in [5.41, 5.74) is 0. The summed E-state index contributed by atoms with van der Waals surface area (Å²) in [7, 11) is -4.01. The number of rotatable bonds is 3. The lowest BCUT2D eigenvalue weighted by Crippen LogP contribution is -2.55. The number of amides is 1. The van der Waals surface area contributed by atoms with Gasteiger partial charge in [0.2, 0.25) is 16.8 Å². The second-order valence-corrected chi connectivity index (χ2v) is 5.83. The zero-order valence-corrected chi connectivity index (χ0v) is 10.8. The van der Waals surface area contributed by atoms with Crippen LogP contribution in [0, 0.1) is 0 Å². The second-order valence-electron chi connectivity index (χ2n) is 4.01. The molecule has 2 N–H and O–H groups in total. The number of carboxylic acid groups (broad SMARTS) is 1. The molecule has 1 atom stereocenters. The standard InChI is InChI=1S/C10H12N2O6S/c1-6-9(13)11-4-5-12(6)19(16,17)8-3-2-7(18-8)10(14)15/h2-3,6H,4-5H2,1H3,(H,11,13)(H,14,15). The molecule has 2 rings (SSSR count). The molecular formula is C10H12N2O6S. The van der Waals surface area contributed by atoms with Gasteiger partial charge in [-0.05, 0) is 19.1 Å². The van der Waals surface area contributed by atoms with Crippen molar-refractivity contribution in [2.75, 3.05) is 13.1 Å². The molecule has 19 heavy (non-hydrogen) atoms. The van der Waals surface area contributed by atoms with Gasteiger partial charge >= 0.3 is 5.97 Å². The smallest absolute Gasteiger partial charge is 0.371 e. The number of hydrogen-bond donors (Lipinski definition) is 2. The molecule has 0 saturated carbocycles. The van der Waals surface area contributed by atoms with Crippen molar-refractivity contribution in [1.29, 1.82) is 0 Å². The van der Waals surface area contributed by atoms with Crippen molar-refractivity contribution in [3.63, 3.8) is 0 Å². The fourth-order valence-electron chi connectivity index (χ4n) is 1.78. The van der Waals surface area contributed by atoms with Gasteiger partial charge in [-0.1, -0.05) is 0 Å². The predicted octanol–water partition coefficient (Wildman–Crippen LogP) is -0.513. The molecule has 0 aliphatic carbocycles. The third-order valence-corrected chi connectivity index (χ3v) is 4.64. The Morgan fingerprint density at radius 1 is 1.53 bits per heavy atom. The van der Waals surface area contributed by atoms with Crippen molar-refractivity contribution in [2.24, 2.45) is 0 Å². The number of carboxylic acids is 1. The van der Waals surface area contributed by atoms with Crippen LogP contribution in [-0.2, 0) is 14.8 Å². The second kappa shape index (κ2) is 4.67. The molecular weight excluding hydrogens is 276 g/mol. The highest BCUT2D eigenvalue weighted by atomic mass is 32.2. The van der Waals surface area contributed by atoms with Crippen molar-refractivity contribution in [3.05, 3.63) is 17.9 Å². The molecule has 0 aromatic carbocycles. The topological polar surface area (TPSA) is 117 Å². The Morgan fingerprint density at radius 3 is 2.79 bits per heavy atom. The zero-order chi connectivity index (χ0) is 14.2. The fourth-order valence-corrected chi connectivity index (χ4v) is 3.29. The molecule has 2 heterocycles. The molecule has 1 aliphatic rings. The number of aromatic carboxylic acids is 1. The molecule has 1 aromatic rings. The van der Waals surface area contributed by atoms with Gasteiger partial charge in [-0.15, -0.1) is 0 Å². The Labute approximate surface area is 109 Å². The molecule has 0 radical (unpaired) electrons.